The Morgan fingerprint density at radius 1 is 1.25 bits per heavy atom. The molecule has 0 aromatic carbocycles. The fourth-order valence-electron chi connectivity index (χ4n) is 6.08. The van der Waals surface area contributed by atoms with Crippen LogP contribution in [0.3, 0.4) is 0 Å². The second kappa shape index (κ2) is 5.31. The van der Waals surface area contributed by atoms with Crippen molar-refractivity contribution in [3.8, 4) is 0 Å². The maximum atomic E-state index is 11.3. The summed E-state index contributed by atoms with van der Waals surface area (Å²) < 4.78 is 6.67. The van der Waals surface area contributed by atoms with Gasteiger partial charge in [-0.15, -0.1) is 0 Å². The first-order valence-electron chi connectivity index (χ1n) is 9.24. The molecule has 3 rings (SSSR count). The zero-order valence-electron chi connectivity index (χ0n) is 15.7. The maximum absolute atomic E-state index is 11.3. The number of hydrogen-bond donors (Lipinski definition) is 2. The summed E-state index contributed by atoms with van der Waals surface area (Å²) in [5, 5.41) is 19.8. The van der Waals surface area contributed by atoms with Gasteiger partial charge in [0.25, 0.3) is 0 Å². The van der Waals surface area contributed by atoms with Crippen molar-refractivity contribution in [1.82, 2.24) is 0 Å². The van der Waals surface area contributed by atoms with Crippen LogP contribution in [-0.4, -0.2) is 33.5 Å². The van der Waals surface area contributed by atoms with Gasteiger partial charge >= 0.3 is 5.97 Å². The molecule has 3 aliphatic rings. The highest BCUT2D eigenvalue weighted by molar-refractivity contribution is 5.68. The Kier molecular flexibility index (Phi) is 3.97. The average Bonchev–Trinajstić information content (AvgIpc) is 2.80. The standard InChI is InChI=1S/C20H32O4/c1-13-6-7-14-17(2,3)15(21)8-9-19(14,5)20(13)11-10-18(4,24-20)12-16(22)23/h6,14-15,21H,7-12H2,1-5H3,(H,22,23)/t14-,15+,18-,19-,20+/m0/s1. The fourth-order valence-corrected chi connectivity index (χ4v) is 6.08. The van der Waals surface area contributed by atoms with E-state index >= 15 is 0 Å². The maximum Gasteiger partial charge on any atom is 0.306 e. The molecule has 0 amide bonds. The summed E-state index contributed by atoms with van der Waals surface area (Å²) in [7, 11) is 0. The second-order valence-electron chi connectivity index (χ2n) is 9.42. The molecule has 1 saturated carbocycles. The number of carbonyl (C=O) groups is 1. The summed E-state index contributed by atoms with van der Waals surface area (Å²) in [6, 6.07) is 0. The van der Waals surface area contributed by atoms with Crippen molar-refractivity contribution in [3.63, 3.8) is 0 Å². The van der Waals surface area contributed by atoms with Crippen LogP contribution in [0.25, 0.3) is 0 Å². The third-order valence-corrected chi connectivity index (χ3v) is 7.63. The molecular weight excluding hydrogens is 304 g/mol. The first-order valence-corrected chi connectivity index (χ1v) is 9.24. The third-order valence-electron chi connectivity index (χ3n) is 7.63. The van der Waals surface area contributed by atoms with Crippen LogP contribution in [0.1, 0.15) is 73.1 Å². The van der Waals surface area contributed by atoms with Crippen molar-refractivity contribution < 1.29 is 19.7 Å². The topological polar surface area (TPSA) is 66.8 Å². The van der Waals surface area contributed by atoms with Crippen molar-refractivity contribution in [2.45, 2.75) is 90.4 Å². The van der Waals surface area contributed by atoms with Gasteiger partial charge in [0.15, 0.2) is 0 Å². The Bertz CT molecular complexity index is 580. The monoisotopic (exact) mass is 336 g/mol. The minimum Gasteiger partial charge on any atom is -0.481 e. The predicted molar refractivity (Wildman–Crippen MR) is 92.7 cm³/mol. The number of aliphatic hydroxyl groups excluding tert-OH is 1. The molecule has 5 atom stereocenters. The highest BCUT2D eigenvalue weighted by Gasteiger charge is 2.65. The molecule has 136 valence electrons. The van der Waals surface area contributed by atoms with Gasteiger partial charge in [0.05, 0.1) is 23.7 Å². The lowest BCUT2D eigenvalue weighted by Gasteiger charge is -2.62. The number of aliphatic carboxylic acids is 1. The molecule has 1 aliphatic heterocycles. The van der Waals surface area contributed by atoms with E-state index in [2.05, 4.69) is 33.8 Å². The molecule has 2 N–H and O–H groups in total. The van der Waals surface area contributed by atoms with Crippen molar-refractivity contribution in [2.24, 2.45) is 16.7 Å². The number of carboxylic acids is 1. The van der Waals surface area contributed by atoms with E-state index in [0.29, 0.717) is 5.92 Å². The molecule has 2 aliphatic carbocycles. The lowest BCUT2D eigenvalue weighted by Crippen LogP contribution is -2.62. The van der Waals surface area contributed by atoms with E-state index in [4.69, 9.17) is 4.74 Å². The van der Waals surface area contributed by atoms with Crippen molar-refractivity contribution in [2.75, 3.05) is 0 Å². The number of ether oxygens (including phenoxy) is 1. The number of fused-ring (bicyclic) bond motifs is 2. The van der Waals surface area contributed by atoms with Gasteiger partial charge in [-0.3, -0.25) is 4.79 Å². The van der Waals surface area contributed by atoms with Crippen molar-refractivity contribution >= 4 is 5.97 Å². The zero-order valence-corrected chi connectivity index (χ0v) is 15.7. The van der Waals surface area contributed by atoms with E-state index < -0.39 is 17.2 Å². The summed E-state index contributed by atoms with van der Waals surface area (Å²) in [4.78, 5) is 11.3. The van der Waals surface area contributed by atoms with Gasteiger partial charge < -0.3 is 14.9 Å². The molecule has 0 aromatic rings. The van der Waals surface area contributed by atoms with E-state index in [0.717, 1.165) is 32.1 Å². The summed E-state index contributed by atoms with van der Waals surface area (Å²) in [6.07, 6.45) is 6.37. The normalized spacial score (nSPS) is 47.3. The van der Waals surface area contributed by atoms with Crippen molar-refractivity contribution in [1.29, 1.82) is 0 Å². The number of hydrogen-bond acceptors (Lipinski definition) is 3. The molecule has 0 aromatic heterocycles. The van der Waals surface area contributed by atoms with Crippen molar-refractivity contribution in [3.05, 3.63) is 11.6 Å². The number of carboxylic acid groups (broad SMARTS) is 1. The van der Waals surface area contributed by atoms with E-state index in [1.807, 2.05) is 6.92 Å². The Labute approximate surface area is 145 Å². The van der Waals surface area contributed by atoms with Gasteiger partial charge in [-0.05, 0) is 62.9 Å². The van der Waals surface area contributed by atoms with Gasteiger partial charge in [0.1, 0.15) is 0 Å². The van der Waals surface area contributed by atoms with Crippen LogP contribution in [0.5, 0.6) is 0 Å². The van der Waals surface area contributed by atoms with Gasteiger partial charge in [0, 0.05) is 5.41 Å². The highest BCUT2D eigenvalue weighted by Crippen LogP contribution is 2.66. The Balaban J connectivity index is 2.03. The molecule has 24 heavy (non-hydrogen) atoms. The Morgan fingerprint density at radius 3 is 2.54 bits per heavy atom. The summed E-state index contributed by atoms with van der Waals surface area (Å²) in [5.74, 6) is -0.460. The minimum absolute atomic E-state index is 0.0504. The number of rotatable bonds is 2. The summed E-state index contributed by atoms with van der Waals surface area (Å²) in [5.41, 5.74) is 0.0309. The zero-order chi connectivity index (χ0) is 18.0. The van der Waals surface area contributed by atoms with E-state index in [9.17, 15) is 15.0 Å². The third kappa shape index (κ3) is 2.29. The quantitative estimate of drug-likeness (QED) is 0.750. The lowest BCUT2D eigenvalue weighted by molar-refractivity contribution is -0.210. The fraction of sp³-hybridized carbons (Fsp3) is 0.850. The summed E-state index contributed by atoms with van der Waals surface area (Å²) >= 11 is 0. The van der Waals surface area contributed by atoms with Gasteiger partial charge in [-0.2, -0.15) is 0 Å². The lowest BCUT2D eigenvalue weighted by atomic mass is 9.46. The minimum atomic E-state index is -0.798. The van der Waals surface area contributed by atoms with Crippen LogP contribution in [0.2, 0.25) is 0 Å². The molecule has 0 bridgehead atoms. The highest BCUT2D eigenvalue weighted by atomic mass is 16.5. The molecule has 0 unspecified atom stereocenters. The van der Waals surface area contributed by atoms with Gasteiger partial charge in [0.2, 0.25) is 0 Å². The number of aliphatic hydroxyl groups is 1. The van der Waals surface area contributed by atoms with Crippen LogP contribution in [0, 0.1) is 16.7 Å². The smallest absolute Gasteiger partial charge is 0.306 e. The molecule has 4 heteroatoms. The van der Waals surface area contributed by atoms with Crippen LogP contribution in [0.15, 0.2) is 11.6 Å². The molecule has 0 radical (unpaired) electrons. The average molecular weight is 336 g/mol. The van der Waals surface area contributed by atoms with Crippen LogP contribution in [0.4, 0.5) is 0 Å². The largest absolute Gasteiger partial charge is 0.481 e. The molecule has 1 heterocycles. The van der Waals surface area contributed by atoms with Crippen LogP contribution in [-0.2, 0) is 9.53 Å². The summed E-state index contributed by atoms with van der Waals surface area (Å²) in [6.45, 7) is 10.7. The Morgan fingerprint density at radius 2 is 1.92 bits per heavy atom. The molecular formula is C20H32O4. The molecule has 1 spiro atoms. The SMILES string of the molecule is CC1=CC[C@H]2C(C)(C)[C@H](O)CC[C@]2(C)[C@@]12CC[C@@](C)(CC(=O)O)O2. The van der Waals surface area contributed by atoms with E-state index in [1.165, 1.54) is 5.57 Å². The van der Waals surface area contributed by atoms with Gasteiger partial charge in [-0.1, -0.05) is 26.8 Å². The van der Waals surface area contributed by atoms with E-state index in [-0.39, 0.29) is 23.4 Å². The second-order valence-corrected chi connectivity index (χ2v) is 9.42. The number of allylic oxidation sites excluding steroid dienone is 1. The van der Waals surface area contributed by atoms with E-state index in [1.54, 1.807) is 0 Å². The first-order chi connectivity index (χ1) is 11.0. The van der Waals surface area contributed by atoms with Gasteiger partial charge in [-0.25, -0.2) is 0 Å². The predicted octanol–water partition coefficient (Wildman–Crippen LogP) is 3.92. The molecule has 1 saturated heterocycles. The van der Waals surface area contributed by atoms with Crippen LogP contribution >= 0.6 is 0 Å². The molecule has 2 fully saturated rings. The Hall–Kier alpha value is -0.870. The molecule has 4 nitrogen and oxygen atoms in total. The van der Waals surface area contributed by atoms with Crippen LogP contribution < -0.4 is 0 Å². The first kappa shape index (κ1) is 17.9.